The molecule has 1 amide bonds. The van der Waals surface area contributed by atoms with E-state index in [-0.39, 0.29) is 17.6 Å². The zero-order chi connectivity index (χ0) is 16.7. The fourth-order valence-corrected chi connectivity index (χ4v) is 3.64. The largest absolute Gasteiger partial charge is 0.346 e. The second kappa shape index (κ2) is 5.99. The number of rotatable bonds is 3. The number of halogens is 2. The lowest BCUT2D eigenvalue weighted by molar-refractivity contribution is -0.120. The molecular weight excluding hydrogens is 351 g/mol. The Morgan fingerprint density at radius 1 is 1.33 bits per heavy atom. The van der Waals surface area contributed by atoms with E-state index in [4.69, 9.17) is 11.6 Å². The molecule has 3 heterocycles. The van der Waals surface area contributed by atoms with Gasteiger partial charge in [-0.2, -0.15) is 0 Å². The third kappa shape index (κ3) is 2.81. The highest BCUT2D eigenvalue weighted by Crippen LogP contribution is 2.34. The zero-order valence-corrected chi connectivity index (χ0v) is 13.9. The van der Waals surface area contributed by atoms with Crippen LogP contribution in [0.25, 0.3) is 10.2 Å². The van der Waals surface area contributed by atoms with Crippen molar-refractivity contribution in [3.63, 3.8) is 0 Å². The molecule has 0 atom stereocenters. The van der Waals surface area contributed by atoms with Crippen LogP contribution in [0.2, 0.25) is 5.15 Å². The van der Waals surface area contributed by atoms with Gasteiger partial charge < -0.3 is 10.2 Å². The number of nitrogens with zero attached hydrogens (tertiary/aromatic N) is 3. The molecule has 1 saturated heterocycles. The number of hydrogen-bond donors (Lipinski definition) is 1. The molecule has 0 unspecified atom stereocenters. The fourth-order valence-electron chi connectivity index (χ4n) is 2.53. The quantitative estimate of drug-likeness (QED) is 0.724. The predicted molar refractivity (Wildman–Crippen MR) is 93.2 cm³/mol. The summed E-state index contributed by atoms with van der Waals surface area (Å²) >= 11 is 7.15. The van der Waals surface area contributed by atoms with Gasteiger partial charge in [-0.3, -0.25) is 4.79 Å². The van der Waals surface area contributed by atoms with Crippen molar-refractivity contribution in [2.45, 2.75) is 0 Å². The number of fused-ring (bicyclic) bond motifs is 1. The van der Waals surface area contributed by atoms with Crippen LogP contribution in [-0.2, 0) is 4.79 Å². The molecule has 122 valence electrons. The minimum Gasteiger partial charge on any atom is -0.346 e. The van der Waals surface area contributed by atoms with Gasteiger partial charge >= 0.3 is 0 Å². The molecule has 24 heavy (non-hydrogen) atoms. The molecule has 1 aromatic carbocycles. The number of para-hydroxylation sites is 1. The highest BCUT2D eigenvalue weighted by Gasteiger charge is 2.34. The number of amides is 1. The summed E-state index contributed by atoms with van der Waals surface area (Å²) in [6, 6.07) is 8.25. The Balaban J connectivity index is 1.40. The summed E-state index contributed by atoms with van der Waals surface area (Å²) in [5.41, 5.74) is 1.00. The maximum absolute atomic E-state index is 13.7. The van der Waals surface area contributed by atoms with Crippen LogP contribution in [-0.4, -0.2) is 29.0 Å². The van der Waals surface area contributed by atoms with Crippen molar-refractivity contribution in [2.75, 3.05) is 23.3 Å². The lowest BCUT2D eigenvalue weighted by Gasteiger charge is -2.37. The van der Waals surface area contributed by atoms with Gasteiger partial charge in [0.2, 0.25) is 5.91 Å². The molecule has 0 saturated carbocycles. The third-order valence-corrected chi connectivity index (χ3v) is 5.18. The number of thiazole rings is 1. The first kappa shape index (κ1) is 15.3. The van der Waals surface area contributed by atoms with E-state index in [1.807, 2.05) is 11.0 Å². The molecule has 2 aromatic heterocycles. The molecule has 1 aliphatic heterocycles. The Hall–Kier alpha value is -2.25. The summed E-state index contributed by atoms with van der Waals surface area (Å²) in [5, 5.41) is 3.94. The van der Waals surface area contributed by atoms with Crippen LogP contribution in [0.1, 0.15) is 0 Å². The smallest absolute Gasteiger partial charge is 0.231 e. The second-order valence-electron chi connectivity index (χ2n) is 5.54. The SMILES string of the molecule is O=C(Nc1ccc(Cl)nc1)C1CN(c2nc3c(F)cccc3s2)C1. The number of hydrogen-bond acceptors (Lipinski definition) is 5. The van der Waals surface area contributed by atoms with Gasteiger partial charge in [0.05, 0.1) is 22.5 Å². The normalized spacial score (nSPS) is 14.7. The lowest BCUT2D eigenvalue weighted by atomic mass is 10.00. The molecule has 8 heteroatoms. The number of carbonyl (C=O) groups excluding carboxylic acids is 1. The number of carbonyl (C=O) groups is 1. The van der Waals surface area contributed by atoms with Crippen molar-refractivity contribution >= 4 is 49.9 Å². The molecule has 5 nitrogen and oxygen atoms in total. The topological polar surface area (TPSA) is 58.1 Å². The average Bonchev–Trinajstić information content (AvgIpc) is 2.93. The lowest BCUT2D eigenvalue weighted by Crippen LogP contribution is -2.52. The van der Waals surface area contributed by atoms with Crippen molar-refractivity contribution in [2.24, 2.45) is 5.92 Å². The summed E-state index contributed by atoms with van der Waals surface area (Å²) in [6.07, 6.45) is 1.52. The number of anilines is 2. The van der Waals surface area contributed by atoms with Gasteiger partial charge in [-0.15, -0.1) is 0 Å². The number of benzene rings is 1. The summed E-state index contributed by atoms with van der Waals surface area (Å²) < 4.78 is 14.5. The molecular formula is C16H12ClFN4OS. The van der Waals surface area contributed by atoms with E-state index in [1.165, 1.54) is 23.6 Å². The Labute approximate surface area is 146 Å². The van der Waals surface area contributed by atoms with Gasteiger partial charge in [0, 0.05) is 13.1 Å². The van der Waals surface area contributed by atoms with Crippen LogP contribution in [0, 0.1) is 11.7 Å². The summed E-state index contributed by atoms with van der Waals surface area (Å²) in [7, 11) is 0. The molecule has 0 spiro atoms. The Morgan fingerprint density at radius 2 is 2.17 bits per heavy atom. The Morgan fingerprint density at radius 3 is 2.88 bits per heavy atom. The molecule has 1 aliphatic rings. The van der Waals surface area contributed by atoms with Gasteiger partial charge in [-0.1, -0.05) is 29.0 Å². The first-order chi connectivity index (χ1) is 11.6. The maximum Gasteiger partial charge on any atom is 0.231 e. The molecule has 0 aliphatic carbocycles. The Kier molecular flexibility index (Phi) is 3.82. The van der Waals surface area contributed by atoms with E-state index >= 15 is 0 Å². The summed E-state index contributed by atoms with van der Waals surface area (Å²) in [4.78, 5) is 22.4. The van der Waals surface area contributed by atoms with Crippen LogP contribution < -0.4 is 10.2 Å². The van der Waals surface area contributed by atoms with Gasteiger partial charge in [-0.25, -0.2) is 14.4 Å². The molecule has 0 radical (unpaired) electrons. The first-order valence-corrected chi connectivity index (χ1v) is 8.52. The molecule has 1 N–H and O–H groups in total. The van der Waals surface area contributed by atoms with Crippen molar-refractivity contribution in [3.05, 3.63) is 47.5 Å². The van der Waals surface area contributed by atoms with E-state index < -0.39 is 0 Å². The monoisotopic (exact) mass is 362 g/mol. The third-order valence-electron chi connectivity index (χ3n) is 3.88. The van der Waals surface area contributed by atoms with Gasteiger partial charge in [0.15, 0.2) is 5.13 Å². The van der Waals surface area contributed by atoms with E-state index in [1.54, 1.807) is 18.2 Å². The molecule has 1 fully saturated rings. The summed E-state index contributed by atoms with van der Waals surface area (Å²) in [5.74, 6) is -0.514. The second-order valence-corrected chi connectivity index (χ2v) is 6.94. The molecule has 4 rings (SSSR count). The fraction of sp³-hybridized carbons (Fsp3) is 0.188. The van der Waals surface area contributed by atoms with Crippen LogP contribution in [0.3, 0.4) is 0 Å². The zero-order valence-electron chi connectivity index (χ0n) is 12.4. The van der Waals surface area contributed by atoms with Gasteiger partial charge in [-0.05, 0) is 24.3 Å². The standard InChI is InChI=1S/C16H12ClFN4OS/c17-13-5-4-10(6-19-13)20-15(23)9-7-22(8-9)16-21-14-11(18)2-1-3-12(14)24-16/h1-6,9H,7-8H2,(H,20,23). The van der Waals surface area contributed by atoms with Crippen molar-refractivity contribution in [3.8, 4) is 0 Å². The summed E-state index contributed by atoms with van der Waals surface area (Å²) in [6.45, 7) is 1.13. The van der Waals surface area contributed by atoms with Gasteiger partial charge in [0.1, 0.15) is 16.5 Å². The minimum atomic E-state index is -0.319. The highest BCUT2D eigenvalue weighted by molar-refractivity contribution is 7.22. The van der Waals surface area contributed by atoms with E-state index in [2.05, 4.69) is 15.3 Å². The Bertz CT molecular complexity index is 908. The predicted octanol–water partition coefficient (Wildman–Crippen LogP) is 3.56. The van der Waals surface area contributed by atoms with E-state index in [0.29, 0.717) is 29.4 Å². The van der Waals surface area contributed by atoms with Gasteiger partial charge in [0.25, 0.3) is 0 Å². The van der Waals surface area contributed by atoms with E-state index in [0.717, 1.165) is 9.83 Å². The highest BCUT2D eigenvalue weighted by atomic mass is 35.5. The van der Waals surface area contributed by atoms with Crippen LogP contribution in [0.5, 0.6) is 0 Å². The van der Waals surface area contributed by atoms with Crippen molar-refractivity contribution < 1.29 is 9.18 Å². The number of nitrogens with one attached hydrogen (secondary N) is 1. The molecule has 3 aromatic rings. The van der Waals surface area contributed by atoms with E-state index in [9.17, 15) is 9.18 Å². The first-order valence-electron chi connectivity index (χ1n) is 7.32. The maximum atomic E-state index is 13.7. The van der Waals surface area contributed by atoms with Crippen LogP contribution in [0.4, 0.5) is 15.2 Å². The van der Waals surface area contributed by atoms with Crippen molar-refractivity contribution in [1.29, 1.82) is 0 Å². The van der Waals surface area contributed by atoms with Crippen LogP contribution >= 0.6 is 22.9 Å². The molecule has 0 bridgehead atoms. The van der Waals surface area contributed by atoms with Crippen LogP contribution in [0.15, 0.2) is 36.5 Å². The van der Waals surface area contributed by atoms with Crippen molar-refractivity contribution in [1.82, 2.24) is 9.97 Å². The average molecular weight is 363 g/mol. The minimum absolute atomic E-state index is 0.0670. The number of aromatic nitrogens is 2. The number of pyridine rings is 1.